The molecule has 10 nitrogen and oxygen atoms in total. The molecule has 1 rings (SSSR count). The van der Waals surface area contributed by atoms with Gasteiger partial charge in [-0.1, -0.05) is 20.3 Å². The molecule has 0 aromatic rings. The zero-order valence-electron chi connectivity index (χ0n) is 15.4. The average molecular weight is 388 g/mol. The maximum Gasteiger partial charge on any atom is 0.370 e. The van der Waals surface area contributed by atoms with E-state index in [0.717, 1.165) is 12.5 Å². The molecule has 0 bridgehead atoms. The van der Waals surface area contributed by atoms with Crippen LogP contribution in [0.2, 0.25) is 0 Å². The van der Waals surface area contributed by atoms with E-state index in [1.807, 2.05) is 6.92 Å². The van der Waals surface area contributed by atoms with Gasteiger partial charge in [0.25, 0.3) is 0 Å². The minimum atomic E-state index is -1.67. The highest BCUT2D eigenvalue weighted by atomic mass is 16.5. The van der Waals surface area contributed by atoms with Gasteiger partial charge in [0.05, 0.1) is 6.04 Å². The van der Waals surface area contributed by atoms with Crippen LogP contribution in [0, 0.1) is 0 Å². The van der Waals surface area contributed by atoms with Crippen molar-refractivity contribution in [2.75, 3.05) is 6.54 Å². The summed E-state index contributed by atoms with van der Waals surface area (Å²) in [5, 5.41) is 44.7. The Morgan fingerprint density at radius 2 is 1.89 bits per heavy atom. The Bertz CT molecular complexity index is 565. The molecule has 27 heavy (non-hydrogen) atoms. The van der Waals surface area contributed by atoms with Crippen LogP contribution >= 0.6 is 0 Å². The normalized spacial score (nSPS) is 24.2. The van der Waals surface area contributed by atoms with E-state index in [-0.39, 0.29) is 25.3 Å². The Morgan fingerprint density at radius 3 is 2.44 bits per heavy atom. The van der Waals surface area contributed by atoms with Crippen molar-refractivity contribution in [3.05, 3.63) is 11.8 Å². The molecular weight excluding hydrogens is 360 g/mol. The molecule has 1 aliphatic heterocycles. The van der Waals surface area contributed by atoms with Crippen LogP contribution in [-0.4, -0.2) is 75.2 Å². The summed E-state index contributed by atoms with van der Waals surface area (Å²) >= 11 is 0. The number of hydrogen-bond acceptors (Lipinski definition) is 7. The lowest BCUT2D eigenvalue weighted by Crippen LogP contribution is -2.60. The molecule has 0 saturated heterocycles. The van der Waals surface area contributed by atoms with Crippen molar-refractivity contribution in [3.8, 4) is 0 Å². The Labute approximate surface area is 157 Å². The van der Waals surface area contributed by atoms with Crippen LogP contribution in [0.1, 0.15) is 39.5 Å². The van der Waals surface area contributed by atoms with Crippen LogP contribution in [-0.2, 0) is 19.1 Å². The molecule has 1 heterocycles. The third kappa shape index (κ3) is 6.81. The lowest BCUT2D eigenvalue weighted by molar-refractivity contribution is -0.148. The zero-order chi connectivity index (χ0) is 20.6. The minimum Gasteiger partial charge on any atom is -0.478 e. The first-order valence-corrected chi connectivity index (χ1v) is 8.93. The second kappa shape index (κ2) is 10.9. The number of rotatable bonds is 10. The number of carbonyl (C=O) groups excluding carboxylic acids is 2. The summed E-state index contributed by atoms with van der Waals surface area (Å²) in [5.41, 5.74) is 0. The Morgan fingerprint density at radius 1 is 1.22 bits per heavy atom. The summed E-state index contributed by atoms with van der Waals surface area (Å²) in [6.07, 6.45) is -3.24. The van der Waals surface area contributed by atoms with Gasteiger partial charge in [0.2, 0.25) is 17.6 Å². The standard InChI is InChI=1S/C17H28N2O8/c1-3-5-6-13(23)18-8-10(21)15(24)16-14(19-12(22)4-2)9(20)7-11(27-16)17(25)26/h7,9-10,14-16,20-21,24H,3-6,8H2,1-2H3,(H,18,23)(H,19,22)(H,25,26)/t9-,10+,14+,15+,16+/m0/s1. The smallest absolute Gasteiger partial charge is 0.370 e. The summed E-state index contributed by atoms with van der Waals surface area (Å²) in [5.74, 6) is -2.81. The van der Waals surface area contributed by atoms with Crippen molar-refractivity contribution >= 4 is 17.8 Å². The Kier molecular flexibility index (Phi) is 9.19. The van der Waals surface area contributed by atoms with E-state index < -0.39 is 48.1 Å². The first-order valence-electron chi connectivity index (χ1n) is 8.93. The van der Waals surface area contributed by atoms with Gasteiger partial charge in [-0.2, -0.15) is 0 Å². The second-order valence-corrected chi connectivity index (χ2v) is 6.32. The van der Waals surface area contributed by atoms with Gasteiger partial charge in [-0.25, -0.2) is 4.79 Å². The quantitative estimate of drug-likeness (QED) is 0.267. The number of carbonyl (C=O) groups is 3. The largest absolute Gasteiger partial charge is 0.478 e. The van der Waals surface area contributed by atoms with Crippen molar-refractivity contribution < 1.29 is 39.5 Å². The molecule has 154 valence electrons. The van der Waals surface area contributed by atoms with Gasteiger partial charge in [-0.05, 0) is 12.5 Å². The first kappa shape index (κ1) is 22.9. The molecule has 0 aromatic heterocycles. The molecule has 0 radical (unpaired) electrons. The third-order valence-corrected chi connectivity index (χ3v) is 4.16. The molecule has 0 saturated carbocycles. The summed E-state index contributed by atoms with van der Waals surface area (Å²) in [6.45, 7) is 3.21. The average Bonchev–Trinajstić information content (AvgIpc) is 2.64. The minimum absolute atomic E-state index is 0.0948. The number of unbranched alkanes of at least 4 members (excludes halogenated alkanes) is 1. The highest BCUT2D eigenvalue weighted by molar-refractivity contribution is 5.84. The Hall–Kier alpha value is -2.17. The van der Waals surface area contributed by atoms with E-state index in [1.165, 1.54) is 0 Å². The van der Waals surface area contributed by atoms with Crippen LogP contribution in [0.3, 0.4) is 0 Å². The topological polar surface area (TPSA) is 165 Å². The number of aliphatic hydroxyl groups excluding tert-OH is 3. The van der Waals surface area contributed by atoms with Crippen molar-refractivity contribution in [1.82, 2.24) is 10.6 Å². The number of carboxylic acid groups (broad SMARTS) is 1. The molecule has 0 fully saturated rings. The number of aliphatic hydroxyl groups is 3. The van der Waals surface area contributed by atoms with Crippen molar-refractivity contribution in [2.24, 2.45) is 0 Å². The number of aliphatic carboxylic acids is 1. The number of carboxylic acids is 1. The van der Waals surface area contributed by atoms with Gasteiger partial charge in [-0.15, -0.1) is 0 Å². The summed E-state index contributed by atoms with van der Waals surface area (Å²) in [6, 6.07) is -1.17. The second-order valence-electron chi connectivity index (χ2n) is 6.32. The van der Waals surface area contributed by atoms with E-state index in [0.29, 0.717) is 6.42 Å². The van der Waals surface area contributed by atoms with Crippen LogP contribution in [0.5, 0.6) is 0 Å². The van der Waals surface area contributed by atoms with Crippen molar-refractivity contribution in [1.29, 1.82) is 0 Å². The highest BCUT2D eigenvalue weighted by Crippen LogP contribution is 2.23. The van der Waals surface area contributed by atoms with Gasteiger partial charge in [0.15, 0.2) is 6.10 Å². The fourth-order valence-electron chi connectivity index (χ4n) is 2.56. The molecule has 2 amide bonds. The molecule has 5 atom stereocenters. The Balaban J connectivity index is 2.85. The fourth-order valence-corrected chi connectivity index (χ4v) is 2.56. The maximum atomic E-state index is 11.7. The molecule has 0 unspecified atom stereocenters. The zero-order valence-corrected chi connectivity index (χ0v) is 15.4. The number of ether oxygens (including phenoxy) is 1. The maximum absolute atomic E-state index is 11.7. The number of amides is 2. The molecule has 0 aromatic carbocycles. The van der Waals surface area contributed by atoms with E-state index in [1.54, 1.807) is 6.92 Å². The lowest BCUT2D eigenvalue weighted by Gasteiger charge is -2.38. The van der Waals surface area contributed by atoms with Gasteiger partial charge in [-0.3, -0.25) is 9.59 Å². The molecule has 6 N–H and O–H groups in total. The lowest BCUT2D eigenvalue weighted by atomic mass is 9.93. The predicted molar refractivity (Wildman–Crippen MR) is 93.4 cm³/mol. The molecule has 0 aliphatic carbocycles. The molecule has 1 aliphatic rings. The van der Waals surface area contributed by atoms with Gasteiger partial charge in [0, 0.05) is 19.4 Å². The number of hydrogen-bond donors (Lipinski definition) is 6. The number of nitrogens with one attached hydrogen (secondary N) is 2. The summed E-state index contributed by atoms with van der Waals surface area (Å²) < 4.78 is 5.20. The van der Waals surface area contributed by atoms with E-state index >= 15 is 0 Å². The summed E-state index contributed by atoms with van der Waals surface area (Å²) in [4.78, 5) is 34.5. The fraction of sp³-hybridized carbons (Fsp3) is 0.706. The van der Waals surface area contributed by atoms with Crippen LogP contribution in [0.25, 0.3) is 0 Å². The first-order chi connectivity index (χ1) is 12.7. The van der Waals surface area contributed by atoms with Gasteiger partial charge >= 0.3 is 5.97 Å². The van der Waals surface area contributed by atoms with Gasteiger partial charge < -0.3 is 35.8 Å². The summed E-state index contributed by atoms with van der Waals surface area (Å²) in [7, 11) is 0. The predicted octanol–water partition coefficient (Wildman–Crippen LogP) is -1.36. The third-order valence-electron chi connectivity index (χ3n) is 4.16. The SMILES string of the molecule is CCCCC(=O)NC[C@@H](O)[C@@H](O)[C@@H]1OC(C(=O)O)=C[C@H](O)[C@H]1NC(=O)CC. The molecular formula is C17H28N2O8. The van der Waals surface area contributed by atoms with E-state index in [4.69, 9.17) is 9.84 Å². The van der Waals surface area contributed by atoms with Crippen LogP contribution < -0.4 is 10.6 Å². The van der Waals surface area contributed by atoms with Gasteiger partial charge in [0.1, 0.15) is 18.3 Å². The molecule has 10 heteroatoms. The van der Waals surface area contributed by atoms with E-state index in [9.17, 15) is 29.7 Å². The highest BCUT2D eigenvalue weighted by Gasteiger charge is 2.43. The monoisotopic (exact) mass is 388 g/mol. The molecule has 0 spiro atoms. The van der Waals surface area contributed by atoms with Crippen LogP contribution in [0.4, 0.5) is 0 Å². The van der Waals surface area contributed by atoms with Crippen LogP contribution in [0.15, 0.2) is 11.8 Å². The van der Waals surface area contributed by atoms with Crippen molar-refractivity contribution in [3.63, 3.8) is 0 Å². The van der Waals surface area contributed by atoms with Crippen molar-refractivity contribution in [2.45, 2.75) is 70.0 Å². The van der Waals surface area contributed by atoms with E-state index in [2.05, 4.69) is 10.6 Å².